The lowest BCUT2D eigenvalue weighted by molar-refractivity contribution is 0.167. The Kier molecular flexibility index (Phi) is 4.86. The summed E-state index contributed by atoms with van der Waals surface area (Å²) in [5.74, 6) is 0.729. The molecule has 0 radical (unpaired) electrons. The van der Waals surface area contributed by atoms with Crippen LogP contribution in [0.15, 0.2) is 48.7 Å². The molecule has 116 valence electrons. The number of nitrogens with one attached hydrogen (secondary N) is 1. The van der Waals surface area contributed by atoms with Gasteiger partial charge in [0.1, 0.15) is 0 Å². The van der Waals surface area contributed by atoms with Crippen LogP contribution in [0.5, 0.6) is 0 Å². The average molecular weight is 296 g/mol. The molecule has 1 fully saturated rings. The highest BCUT2D eigenvalue weighted by atomic mass is 16.3. The fraction of sp³-hybridized carbons (Fsp3) is 0.421. The number of rotatable bonds is 7. The Balaban J connectivity index is 1.56. The van der Waals surface area contributed by atoms with Crippen LogP contribution in [0, 0.1) is 12.8 Å². The van der Waals surface area contributed by atoms with Crippen molar-refractivity contribution in [1.29, 1.82) is 0 Å². The summed E-state index contributed by atoms with van der Waals surface area (Å²) in [6, 6.07) is 14.6. The van der Waals surface area contributed by atoms with E-state index < -0.39 is 6.10 Å². The van der Waals surface area contributed by atoms with E-state index in [4.69, 9.17) is 0 Å². The van der Waals surface area contributed by atoms with Gasteiger partial charge in [-0.05, 0) is 43.4 Å². The van der Waals surface area contributed by atoms with E-state index in [-0.39, 0.29) is 0 Å². The Hall–Kier alpha value is -1.71. The minimum atomic E-state index is -0.453. The molecule has 3 nitrogen and oxygen atoms in total. The quantitative estimate of drug-likeness (QED) is 0.825. The number of pyridine rings is 1. The first-order valence-corrected chi connectivity index (χ1v) is 8.10. The van der Waals surface area contributed by atoms with Crippen molar-refractivity contribution >= 4 is 0 Å². The maximum atomic E-state index is 10.4. The fourth-order valence-electron chi connectivity index (χ4n) is 2.82. The topological polar surface area (TPSA) is 45.1 Å². The Morgan fingerprint density at radius 2 is 1.95 bits per heavy atom. The molecular weight excluding hydrogens is 272 g/mol. The maximum Gasteiger partial charge on any atom is 0.0914 e. The van der Waals surface area contributed by atoms with E-state index in [0.717, 1.165) is 23.6 Å². The molecule has 0 spiro atoms. The number of hydrogen-bond acceptors (Lipinski definition) is 3. The minimum absolute atomic E-state index is 0.412. The molecule has 0 saturated heterocycles. The van der Waals surface area contributed by atoms with E-state index in [1.54, 1.807) is 0 Å². The van der Waals surface area contributed by atoms with Crippen molar-refractivity contribution in [2.45, 2.75) is 38.3 Å². The third kappa shape index (κ3) is 4.15. The molecule has 2 aromatic rings. The highest BCUT2D eigenvalue weighted by Gasteiger charge is 2.31. The smallest absolute Gasteiger partial charge is 0.0914 e. The van der Waals surface area contributed by atoms with E-state index in [9.17, 15) is 5.11 Å². The largest absolute Gasteiger partial charge is 0.387 e. The molecule has 3 heteroatoms. The lowest BCUT2D eigenvalue weighted by atomic mass is 10.0. The predicted molar refractivity (Wildman–Crippen MR) is 88.6 cm³/mol. The van der Waals surface area contributed by atoms with Crippen LogP contribution < -0.4 is 5.32 Å². The van der Waals surface area contributed by atoms with Crippen LogP contribution in [0.2, 0.25) is 0 Å². The van der Waals surface area contributed by atoms with E-state index in [2.05, 4.69) is 23.3 Å². The number of aliphatic hydroxyl groups excluding tert-OH is 1. The second kappa shape index (κ2) is 7.03. The van der Waals surface area contributed by atoms with Gasteiger partial charge in [0.05, 0.1) is 6.10 Å². The van der Waals surface area contributed by atoms with E-state index in [1.165, 1.54) is 18.4 Å². The van der Waals surface area contributed by atoms with Gasteiger partial charge in [0, 0.05) is 30.9 Å². The van der Waals surface area contributed by atoms with Crippen LogP contribution in [0.25, 0.3) is 0 Å². The van der Waals surface area contributed by atoms with Gasteiger partial charge in [-0.2, -0.15) is 0 Å². The number of nitrogens with zero attached hydrogens (tertiary/aromatic N) is 1. The summed E-state index contributed by atoms with van der Waals surface area (Å²) >= 11 is 0. The summed E-state index contributed by atoms with van der Waals surface area (Å²) in [6.45, 7) is 2.65. The molecule has 1 aromatic carbocycles. The van der Waals surface area contributed by atoms with Crippen LogP contribution >= 0.6 is 0 Å². The van der Waals surface area contributed by atoms with Gasteiger partial charge in [-0.1, -0.05) is 35.9 Å². The number of hydrogen-bond donors (Lipinski definition) is 2. The summed E-state index contributed by atoms with van der Waals surface area (Å²) in [7, 11) is 0. The summed E-state index contributed by atoms with van der Waals surface area (Å²) < 4.78 is 0. The van der Waals surface area contributed by atoms with Crippen LogP contribution in [-0.2, 0) is 6.42 Å². The van der Waals surface area contributed by atoms with E-state index in [0.29, 0.717) is 12.6 Å². The Bertz CT molecular complexity index is 578. The predicted octanol–water partition coefficient (Wildman–Crippen LogP) is 3.03. The van der Waals surface area contributed by atoms with Crippen LogP contribution in [-0.4, -0.2) is 22.7 Å². The second-order valence-electron chi connectivity index (χ2n) is 6.30. The second-order valence-corrected chi connectivity index (χ2v) is 6.30. The molecular formula is C19H24N2O. The summed E-state index contributed by atoms with van der Waals surface area (Å²) in [6.07, 6.45) is 4.90. The van der Waals surface area contributed by atoms with Crippen LogP contribution in [0.4, 0.5) is 0 Å². The molecule has 2 atom stereocenters. The van der Waals surface area contributed by atoms with Gasteiger partial charge in [-0.3, -0.25) is 4.98 Å². The highest BCUT2D eigenvalue weighted by Crippen LogP contribution is 2.34. The first-order valence-electron chi connectivity index (χ1n) is 8.10. The molecule has 0 bridgehead atoms. The molecule has 2 N–H and O–H groups in total. The highest BCUT2D eigenvalue weighted by molar-refractivity contribution is 5.23. The molecule has 1 aromatic heterocycles. The first-order chi connectivity index (χ1) is 10.7. The van der Waals surface area contributed by atoms with Gasteiger partial charge >= 0.3 is 0 Å². The van der Waals surface area contributed by atoms with E-state index in [1.807, 2.05) is 42.6 Å². The Labute approximate surface area is 132 Å². The molecule has 22 heavy (non-hydrogen) atoms. The molecule has 2 unspecified atom stereocenters. The number of aliphatic hydroxyl groups is 1. The Morgan fingerprint density at radius 3 is 2.59 bits per heavy atom. The van der Waals surface area contributed by atoms with Gasteiger partial charge in [0.2, 0.25) is 0 Å². The maximum absolute atomic E-state index is 10.4. The van der Waals surface area contributed by atoms with Crippen LogP contribution in [0.1, 0.15) is 35.8 Å². The van der Waals surface area contributed by atoms with E-state index >= 15 is 0 Å². The molecule has 0 amide bonds. The molecule has 3 rings (SSSR count). The molecule has 1 aliphatic rings. The lowest BCUT2D eigenvalue weighted by Gasteiger charge is -2.20. The average Bonchev–Trinajstić information content (AvgIpc) is 3.37. The van der Waals surface area contributed by atoms with Gasteiger partial charge in [-0.15, -0.1) is 0 Å². The summed E-state index contributed by atoms with van der Waals surface area (Å²) in [4.78, 5) is 4.42. The van der Waals surface area contributed by atoms with Crippen LogP contribution in [0.3, 0.4) is 0 Å². The van der Waals surface area contributed by atoms with Crippen molar-refractivity contribution in [2.75, 3.05) is 6.54 Å². The minimum Gasteiger partial charge on any atom is -0.387 e. The van der Waals surface area contributed by atoms with Gasteiger partial charge in [-0.25, -0.2) is 0 Å². The zero-order chi connectivity index (χ0) is 15.4. The number of aromatic nitrogens is 1. The summed E-state index contributed by atoms with van der Waals surface area (Å²) in [5.41, 5.74) is 3.32. The Morgan fingerprint density at radius 1 is 1.18 bits per heavy atom. The van der Waals surface area contributed by atoms with Crippen molar-refractivity contribution < 1.29 is 5.11 Å². The third-order valence-corrected chi connectivity index (χ3v) is 4.38. The van der Waals surface area contributed by atoms with Crippen molar-refractivity contribution in [3.63, 3.8) is 0 Å². The number of aryl methyl sites for hydroxylation is 1. The molecule has 1 saturated carbocycles. The molecule has 0 aliphatic heterocycles. The first kappa shape index (κ1) is 15.2. The number of benzene rings is 1. The molecule has 1 heterocycles. The lowest BCUT2D eigenvalue weighted by Crippen LogP contribution is -2.36. The van der Waals surface area contributed by atoms with Crippen molar-refractivity contribution in [3.8, 4) is 0 Å². The normalized spacial score (nSPS) is 17.2. The van der Waals surface area contributed by atoms with Crippen molar-refractivity contribution in [2.24, 2.45) is 5.92 Å². The standard InChI is InChI=1S/C19H24N2O/c1-14-5-7-16(8-6-14)19(22)13-21-18(15-9-10-15)12-17-4-2-3-11-20-17/h2-8,11,15,18-19,21-22H,9-10,12-13H2,1H3. The zero-order valence-electron chi connectivity index (χ0n) is 13.1. The van der Waals surface area contributed by atoms with Crippen molar-refractivity contribution in [1.82, 2.24) is 10.3 Å². The summed E-state index contributed by atoms with van der Waals surface area (Å²) in [5, 5.41) is 13.9. The molecule has 1 aliphatic carbocycles. The zero-order valence-corrected chi connectivity index (χ0v) is 13.1. The monoisotopic (exact) mass is 296 g/mol. The van der Waals surface area contributed by atoms with Gasteiger partial charge in [0.25, 0.3) is 0 Å². The van der Waals surface area contributed by atoms with Gasteiger partial charge < -0.3 is 10.4 Å². The third-order valence-electron chi connectivity index (χ3n) is 4.38. The SMILES string of the molecule is Cc1ccc(C(O)CNC(Cc2ccccn2)C2CC2)cc1. The van der Waals surface area contributed by atoms with Crippen molar-refractivity contribution in [3.05, 3.63) is 65.5 Å². The fourth-order valence-corrected chi connectivity index (χ4v) is 2.82. The van der Waals surface area contributed by atoms with Gasteiger partial charge in [0.15, 0.2) is 0 Å².